The first kappa shape index (κ1) is 11.9. The molecule has 3 aromatic heterocycles. The first-order valence-electron chi connectivity index (χ1n) is 6.74. The quantitative estimate of drug-likeness (QED) is 0.757. The van der Waals surface area contributed by atoms with Crippen LogP contribution in [0, 0.1) is 0 Å². The number of nitrogens with zero attached hydrogens (tertiary/aromatic N) is 3. The molecule has 0 aromatic carbocycles. The molecule has 0 bridgehead atoms. The topological polar surface area (TPSA) is 56.8 Å². The molecule has 102 valence electrons. The highest BCUT2D eigenvalue weighted by Crippen LogP contribution is 2.31. The number of aromatic nitrogens is 3. The van der Waals surface area contributed by atoms with Crippen molar-refractivity contribution in [3.05, 3.63) is 29.4 Å². The summed E-state index contributed by atoms with van der Waals surface area (Å²) < 4.78 is 0. The average Bonchev–Trinajstić information content (AvgIpc) is 3.18. The van der Waals surface area contributed by atoms with Gasteiger partial charge in [0.25, 0.3) is 0 Å². The molecule has 0 spiro atoms. The first-order valence-corrected chi connectivity index (χ1v) is 7.68. The molecule has 0 atom stereocenters. The predicted octanol–water partition coefficient (Wildman–Crippen LogP) is 2.10. The average molecular weight is 285 g/mol. The Morgan fingerprint density at radius 2 is 2.10 bits per heavy atom. The van der Waals surface area contributed by atoms with Gasteiger partial charge >= 0.3 is 0 Å². The molecule has 4 heterocycles. The molecule has 1 aliphatic heterocycles. The maximum atomic E-state index is 4.68. The van der Waals surface area contributed by atoms with E-state index in [1.807, 2.05) is 6.20 Å². The minimum absolute atomic E-state index is 0.968. The fourth-order valence-electron chi connectivity index (χ4n) is 2.67. The second-order valence-electron chi connectivity index (χ2n) is 4.87. The lowest BCUT2D eigenvalue weighted by molar-refractivity contribution is 0.586. The maximum absolute atomic E-state index is 4.68. The third kappa shape index (κ3) is 1.88. The van der Waals surface area contributed by atoms with Crippen molar-refractivity contribution in [2.45, 2.75) is 0 Å². The minimum atomic E-state index is 0.968. The van der Waals surface area contributed by atoms with Crippen LogP contribution in [-0.2, 0) is 0 Å². The van der Waals surface area contributed by atoms with E-state index >= 15 is 0 Å². The highest BCUT2D eigenvalue weighted by atomic mass is 32.1. The largest absolute Gasteiger partial charge is 0.352 e. The van der Waals surface area contributed by atoms with Crippen LogP contribution in [0.5, 0.6) is 0 Å². The highest BCUT2D eigenvalue weighted by molar-refractivity contribution is 7.08. The molecule has 4 rings (SSSR count). The summed E-state index contributed by atoms with van der Waals surface area (Å²) in [4.78, 5) is 14.7. The standard InChI is InChI=1S/C14H15N5S/c1-6-20-8-10(1)11-7-16-14(13-12(11)17-9-18-13)19-4-2-15-3-5-19/h1,6-9,15H,2-5H2,(H,17,18). The van der Waals surface area contributed by atoms with Crippen molar-refractivity contribution in [2.75, 3.05) is 31.1 Å². The smallest absolute Gasteiger partial charge is 0.156 e. The molecular formula is C14H15N5S. The second kappa shape index (κ2) is 4.88. The summed E-state index contributed by atoms with van der Waals surface area (Å²) in [6, 6.07) is 2.12. The molecule has 0 saturated carbocycles. The lowest BCUT2D eigenvalue weighted by Gasteiger charge is -2.28. The number of pyridine rings is 1. The third-order valence-corrected chi connectivity index (χ3v) is 4.37. The van der Waals surface area contributed by atoms with Crippen molar-refractivity contribution >= 4 is 28.2 Å². The molecule has 3 aromatic rings. The van der Waals surface area contributed by atoms with Gasteiger partial charge in [0.15, 0.2) is 5.82 Å². The van der Waals surface area contributed by atoms with Crippen molar-refractivity contribution in [2.24, 2.45) is 0 Å². The summed E-state index contributed by atoms with van der Waals surface area (Å²) in [6.07, 6.45) is 3.72. The van der Waals surface area contributed by atoms with E-state index in [-0.39, 0.29) is 0 Å². The van der Waals surface area contributed by atoms with E-state index in [1.54, 1.807) is 17.7 Å². The molecule has 20 heavy (non-hydrogen) atoms. The zero-order chi connectivity index (χ0) is 13.4. The van der Waals surface area contributed by atoms with Crippen molar-refractivity contribution in [1.29, 1.82) is 0 Å². The van der Waals surface area contributed by atoms with Crippen LogP contribution in [0.4, 0.5) is 5.82 Å². The summed E-state index contributed by atoms with van der Waals surface area (Å²) in [7, 11) is 0. The van der Waals surface area contributed by atoms with Gasteiger partial charge in [0, 0.05) is 37.9 Å². The lowest BCUT2D eigenvalue weighted by atomic mass is 10.1. The number of aromatic amines is 1. The molecular weight excluding hydrogens is 270 g/mol. The van der Waals surface area contributed by atoms with E-state index in [4.69, 9.17) is 0 Å². The van der Waals surface area contributed by atoms with Gasteiger partial charge in [0.2, 0.25) is 0 Å². The van der Waals surface area contributed by atoms with Crippen LogP contribution in [0.3, 0.4) is 0 Å². The first-order chi connectivity index (χ1) is 9.93. The summed E-state index contributed by atoms with van der Waals surface area (Å²) in [6.45, 7) is 3.96. The fraction of sp³-hybridized carbons (Fsp3) is 0.286. The van der Waals surface area contributed by atoms with Gasteiger partial charge in [-0.05, 0) is 22.4 Å². The van der Waals surface area contributed by atoms with Crippen molar-refractivity contribution in [1.82, 2.24) is 20.3 Å². The molecule has 0 radical (unpaired) electrons. The Morgan fingerprint density at radius 3 is 2.90 bits per heavy atom. The number of nitrogens with one attached hydrogen (secondary N) is 2. The number of hydrogen-bond acceptors (Lipinski definition) is 5. The van der Waals surface area contributed by atoms with E-state index in [9.17, 15) is 0 Å². The Balaban J connectivity index is 1.85. The van der Waals surface area contributed by atoms with E-state index in [0.717, 1.165) is 48.6 Å². The van der Waals surface area contributed by atoms with E-state index in [2.05, 4.69) is 42.0 Å². The van der Waals surface area contributed by atoms with Crippen LogP contribution in [-0.4, -0.2) is 41.1 Å². The zero-order valence-electron chi connectivity index (χ0n) is 11.0. The van der Waals surface area contributed by atoms with Gasteiger partial charge in [0.1, 0.15) is 5.52 Å². The van der Waals surface area contributed by atoms with Gasteiger partial charge in [-0.1, -0.05) is 0 Å². The normalized spacial score (nSPS) is 15.9. The molecule has 1 fully saturated rings. The predicted molar refractivity (Wildman–Crippen MR) is 82.3 cm³/mol. The fourth-order valence-corrected chi connectivity index (χ4v) is 3.32. The Morgan fingerprint density at radius 1 is 1.20 bits per heavy atom. The number of fused-ring (bicyclic) bond motifs is 1. The van der Waals surface area contributed by atoms with Gasteiger partial charge in [-0.3, -0.25) is 0 Å². The van der Waals surface area contributed by atoms with Gasteiger partial charge in [-0.2, -0.15) is 11.3 Å². The third-order valence-electron chi connectivity index (χ3n) is 3.69. The van der Waals surface area contributed by atoms with Crippen molar-refractivity contribution in [3.8, 4) is 11.1 Å². The number of H-pyrrole nitrogens is 1. The van der Waals surface area contributed by atoms with Gasteiger partial charge in [-0.15, -0.1) is 0 Å². The van der Waals surface area contributed by atoms with E-state index < -0.39 is 0 Å². The van der Waals surface area contributed by atoms with Crippen LogP contribution < -0.4 is 10.2 Å². The molecule has 5 nitrogen and oxygen atoms in total. The van der Waals surface area contributed by atoms with Crippen LogP contribution in [0.2, 0.25) is 0 Å². The van der Waals surface area contributed by atoms with Gasteiger partial charge in [-0.25, -0.2) is 9.97 Å². The lowest BCUT2D eigenvalue weighted by Crippen LogP contribution is -2.44. The number of rotatable bonds is 2. The Labute approximate surface area is 120 Å². The van der Waals surface area contributed by atoms with E-state index in [0.29, 0.717) is 0 Å². The van der Waals surface area contributed by atoms with Crippen LogP contribution >= 0.6 is 11.3 Å². The second-order valence-corrected chi connectivity index (χ2v) is 5.65. The monoisotopic (exact) mass is 285 g/mol. The van der Waals surface area contributed by atoms with E-state index in [1.165, 1.54) is 5.56 Å². The Hall–Kier alpha value is -1.92. The molecule has 2 N–H and O–H groups in total. The molecule has 0 amide bonds. The number of anilines is 1. The summed E-state index contributed by atoms with van der Waals surface area (Å²) >= 11 is 1.70. The molecule has 1 saturated heterocycles. The Bertz CT molecular complexity index is 712. The molecule has 6 heteroatoms. The number of piperazine rings is 1. The molecule has 1 aliphatic rings. The highest BCUT2D eigenvalue weighted by Gasteiger charge is 2.18. The summed E-state index contributed by atoms with van der Waals surface area (Å²) in [5.41, 5.74) is 4.36. The number of imidazole rings is 1. The van der Waals surface area contributed by atoms with Crippen LogP contribution in [0.1, 0.15) is 0 Å². The zero-order valence-corrected chi connectivity index (χ0v) is 11.8. The molecule has 0 unspecified atom stereocenters. The summed E-state index contributed by atoms with van der Waals surface area (Å²) in [5.74, 6) is 0.988. The van der Waals surface area contributed by atoms with Crippen molar-refractivity contribution < 1.29 is 0 Å². The number of thiophene rings is 1. The van der Waals surface area contributed by atoms with Crippen LogP contribution in [0.15, 0.2) is 29.4 Å². The number of hydrogen-bond donors (Lipinski definition) is 2. The minimum Gasteiger partial charge on any atom is -0.352 e. The SMILES string of the molecule is c1nc2c(N3CCNCC3)ncc(-c3ccsc3)c2[nH]1. The van der Waals surface area contributed by atoms with Crippen molar-refractivity contribution in [3.63, 3.8) is 0 Å². The maximum Gasteiger partial charge on any atom is 0.156 e. The van der Waals surface area contributed by atoms with Gasteiger partial charge in [0.05, 0.1) is 11.8 Å². The molecule has 0 aliphatic carbocycles. The van der Waals surface area contributed by atoms with Crippen LogP contribution in [0.25, 0.3) is 22.2 Å². The summed E-state index contributed by atoms with van der Waals surface area (Å²) in [5, 5.41) is 7.59. The van der Waals surface area contributed by atoms with Gasteiger partial charge < -0.3 is 15.2 Å². The Kier molecular flexibility index (Phi) is 2.90.